The van der Waals surface area contributed by atoms with Crippen LogP contribution in [-0.4, -0.2) is 25.2 Å². The van der Waals surface area contributed by atoms with E-state index in [4.69, 9.17) is 10.00 Å². The van der Waals surface area contributed by atoms with Crippen LogP contribution in [0, 0.1) is 11.3 Å². The van der Waals surface area contributed by atoms with Crippen molar-refractivity contribution < 1.29 is 9.53 Å². The summed E-state index contributed by atoms with van der Waals surface area (Å²) >= 11 is 0. The molecule has 0 radical (unpaired) electrons. The van der Waals surface area contributed by atoms with Crippen LogP contribution in [0.3, 0.4) is 0 Å². The minimum absolute atomic E-state index is 0.0552. The van der Waals surface area contributed by atoms with Crippen LogP contribution in [0.2, 0.25) is 0 Å². The SMILES string of the molecule is N#CCC1CN(c2ccccc2)C(=O)CO1. The van der Waals surface area contributed by atoms with E-state index < -0.39 is 0 Å². The number of hydrogen-bond acceptors (Lipinski definition) is 3. The van der Waals surface area contributed by atoms with E-state index in [0.29, 0.717) is 13.0 Å². The molecule has 4 nitrogen and oxygen atoms in total. The fraction of sp³-hybridized carbons (Fsp3) is 0.333. The van der Waals surface area contributed by atoms with Crippen molar-refractivity contribution in [2.24, 2.45) is 0 Å². The summed E-state index contributed by atoms with van der Waals surface area (Å²) in [5, 5.41) is 8.61. The van der Waals surface area contributed by atoms with Crippen LogP contribution < -0.4 is 4.90 Å². The molecule has 0 aliphatic carbocycles. The summed E-state index contributed by atoms with van der Waals surface area (Å²) in [6.45, 7) is 0.512. The first-order valence-electron chi connectivity index (χ1n) is 5.15. The normalized spacial score (nSPS) is 20.6. The third kappa shape index (κ3) is 2.20. The van der Waals surface area contributed by atoms with E-state index in [1.165, 1.54) is 0 Å². The molecule has 1 unspecified atom stereocenters. The molecule has 1 aromatic carbocycles. The molecule has 1 aliphatic rings. The van der Waals surface area contributed by atoms with Crippen LogP contribution >= 0.6 is 0 Å². The molecule has 0 saturated carbocycles. The van der Waals surface area contributed by atoms with Crippen molar-refractivity contribution in [3.05, 3.63) is 30.3 Å². The molecule has 1 amide bonds. The van der Waals surface area contributed by atoms with Gasteiger partial charge < -0.3 is 9.64 Å². The lowest BCUT2D eigenvalue weighted by Crippen LogP contribution is -2.46. The summed E-state index contributed by atoms with van der Waals surface area (Å²) in [5.74, 6) is -0.0552. The highest BCUT2D eigenvalue weighted by Crippen LogP contribution is 2.18. The Hall–Kier alpha value is -1.86. The van der Waals surface area contributed by atoms with Gasteiger partial charge in [-0.05, 0) is 12.1 Å². The minimum Gasteiger partial charge on any atom is -0.365 e. The third-order valence-corrected chi connectivity index (χ3v) is 2.52. The fourth-order valence-corrected chi connectivity index (χ4v) is 1.71. The van der Waals surface area contributed by atoms with Gasteiger partial charge in [-0.2, -0.15) is 5.26 Å². The van der Waals surface area contributed by atoms with Gasteiger partial charge in [0.15, 0.2) is 0 Å². The van der Waals surface area contributed by atoms with Crippen LogP contribution in [0.1, 0.15) is 6.42 Å². The van der Waals surface area contributed by atoms with Crippen LogP contribution in [0.5, 0.6) is 0 Å². The second kappa shape index (κ2) is 4.77. The zero-order valence-corrected chi connectivity index (χ0v) is 8.80. The van der Waals surface area contributed by atoms with E-state index >= 15 is 0 Å². The Morgan fingerprint density at radius 2 is 2.19 bits per heavy atom. The van der Waals surface area contributed by atoms with Gasteiger partial charge >= 0.3 is 0 Å². The smallest absolute Gasteiger partial charge is 0.253 e. The highest BCUT2D eigenvalue weighted by molar-refractivity contribution is 5.94. The van der Waals surface area contributed by atoms with Crippen LogP contribution in [-0.2, 0) is 9.53 Å². The molecule has 1 aliphatic heterocycles. The number of morpholine rings is 1. The Morgan fingerprint density at radius 1 is 1.44 bits per heavy atom. The summed E-state index contributed by atoms with van der Waals surface area (Å²) in [6, 6.07) is 11.5. The number of amides is 1. The number of ether oxygens (including phenoxy) is 1. The molecular formula is C12H12N2O2. The van der Waals surface area contributed by atoms with E-state index in [2.05, 4.69) is 6.07 Å². The van der Waals surface area contributed by atoms with Crippen molar-refractivity contribution in [2.75, 3.05) is 18.1 Å². The van der Waals surface area contributed by atoms with Crippen LogP contribution in [0.4, 0.5) is 5.69 Å². The van der Waals surface area contributed by atoms with Gasteiger partial charge in [0.25, 0.3) is 5.91 Å². The van der Waals surface area contributed by atoms with Crippen LogP contribution in [0.15, 0.2) is 30.3 Å². The average molecular weight is 216 g/mol. The average Bonchev–Trinajstić information content (AvgIpc) is 2.33. The first kappa shape index (κ1) is 10.7. The lowest BCUT2D eigenvalue weighted by molar-refractivity contribution is -0.129. The van der Waals surface area contributed by atoms with Crippen molar-refractivity contribution in [3.8, 4) is 6.07 Å². The predicted molar refractivity (Wildman–Crippen MR) is 58.8 cm³/mol. The van der Waals surface area contributed by atoms with Gasteiger partial charge in [-0.15, -0.1) is 0 Å². The van der Waals surface area contributed by atoms with Crippen molar-refractivity contribution in [1.29, 1.82) is 5.26 Å². The van der Waals surface area contributed by atoms with Crippen LogP contribution in [0.25, 0.3) is 0 Å². The number of hydrogen-bond donors (Lipinski definition) is 0. The number of rotatable bonds is 2. The lowest BCUT2D eigenvalue weighted by atomic mass is 10.2. The summed E-state index contributed by atoms with van der Waals surface area (Å²) in [7, 11) is 0. The second-order valence-electron chi connectivity index (χ2n) is 3.64. The minimum atomic E-state index is -0.178. The van der Waals surface area contributed by atoms with Gasteiger partial charge in [0.1, 0.15) is 6.61 Å². The molecule has 0 spiro atoms. The van der Waals surface area contributed by atoms with Gasteiger partial charge in [0.2, 0.25) is 0 Å². The van der Waals surface area contributed by atoms with Crippen molar-refractivity contribution >= 4 is 11.6 Å². The monoisotopic (exact) mass is 216 g/mol. The zero-order valence-electron chi connectivity index (χ0n) is 8.80. The first-order chi connectivity index (χ1) is 7.81. The molecule has 1 heterocycles. The summed E-state index contributed by atoms with van der Waals surface area (Å²) in [6.07, 6.45) is 0.138. The third-order valence-electron chi connectivity index (χ3n) is 2.52. The Morgan fingerprint density at radius 3 is 2.88 bits per heavy atom. The van der Waals surface area contributed by atoms with Gasteiger partial charge in [-0.3, -0.25) is 4.79 Å². The van der Waals surface area contributed by atoms with Crippen molar-refractivity contribution in [2.45, 2.75) is 12.5 Å². The molecule has 0 aromatic heterocycles. The number of carbonyl (C=O) groups is 1. The van der Waals surface area contributed by atoms with Crippen molar-refractivity contribution in [3.63, 3.8) is 0 Å². The molecule has 16 heavy (non-hydrogen) atoms. The highest BCUT2D eigenvalue weighted by atomic mass is 16.5. The molecular weight excluding hydrogens is 204 g/mol. The second-order valence-corrected chi connectivity index (χ2v) is 3.64. The Bertz CT molecular complexity index is 411. The molecule has 0 bridgehead atoms. The maximum Gasteiger partial charge on any atom is 0.253 e. The lowest BCUT2D eigenvalue weighted by Gasteiger charge is -2.31. The molecule has 1 atom stereocenters. The molecule has 2 rings (SSSR count). The standard InChI is InChI=1S/C12H12N2O2/c13-7-6-11-8-14(12(15)9-16-11)10-4-2-1-3-5-10/h1-5,11H,6,8-9H2. The van der Waals surface area contributed by atoms with Gasteiger partial charge in [0, 0.05) is 5.69 Å². The largest absolute Gasteiger partial charge is 0.365 e. The molecule has 82 valence electrons. The molecule has 1 fully saturated rings. The topological polar surface area (TPSA) is 53.3 Å². The maximum absolute atomic E-state index is 11.7. The van der Waals surface area contributed by atoms with E-state index in [1.54, 1.807) is 4.90 Å². The number of anilines is 1. The Labute approximate surface area is 94.0 Å². The Balaban J connectivity index is 2.14. The Kier molecular flexibility index (Phi) is 3.18. The zero-order chi connectivity index (χ0) is 11.4. The quantitative estimate of drug-likeness (QED) is 0.749. The number of nitrogens with zero attached hydrogens (tertiary/aromatic N) is 2. The first-order valence-corrected chi connectivity index (χ1v) is 5.15. The van der Waals surface area contributed by atoms with Gasteiger partial charge in [-0.1, -0.05) is 18.2 Å². The fourth-order valence-electron chi connectivity index (χ4n) is 1.71. The van der Waals surface area contributed by atoms with Gasteiger partial charge in [0.05, 0.1) is 25.1 Å². The summed E-state index contributed by atoms with van der Waals surface area (Å²) in [4.78, 5) is 13.3. The number of nitriles is 1. The van der Waals surface area contributed by atoms with E-state index in [1.807, 2.05) is 30.3 Å². The maximum atomic E-state index is 11.7. The number of carbonyl (C=O) groups excluding carboxylic acids is 1. The van der Waals surface area contributed by atoms with E-state index in [0.717, 1.165) is 5.69 Å². The molecule has 1 aromatic rings. The predicted octanol–water partition coefficient (Wildman–Crippen LogP) is 1.33. The van der Waals surface area contributed by atoms with E-state index in [-0.39, 0.29) is 18.6 Å². The molecule has 4 heteroatoms. The summed E-state index contributed by atoms with van der Waals surface area (Å²) < 4.78 is 5.27. The van der Waals surface area contributed by atoms with Gasteiger partial charge in [-0.25, -0.2) is 0 Å². The van der Waals surface area contributed by atoms with E-state index in [9.17, 15) is 4.79 Å². The summed E-state index contributed by atoms with van der Waals surface area (Å²) in [5.41, 5.74) is 0.860. The van der Waals surface area contributed by atoms with Crippen molar-refractivity contribution in [1.82, 2.24) is 0 Å². The molecule has 1 saturated heterocycles. The number of benzene rings is 1. The molecule has 0 N–H and O–H groups in total. The highest BCUT2D eigenvalue weighted by Gasteiger charge is 2.26. The number of para-hydroxylation sites is 1.